The summed E-state index contributed by atoms with van der Waals surface area (Å²) < 4.78 is 13.0. The highest BCUT2D eigenvalue weighted by atomic mass is 16.5. The fourth-order valence-corrected chi connectivity index (χ4v) is 4.40. The summed E-state index contributed by atoms with van der Waals surface area (Å²) >= 11 is 0. The average molecular weight is 479 g/mol. The van der Waals surface area contributed by atoms with Crippen molar-refractivity contribution in [2.75, 3.05) is 37.0 Å². The molecule has 1 aliphatic rings. The van der Waals surface area contributed by atoms with Crippen molar-refractivity contribution in [1.29, 1.82) is 0 Å². The van der Waals surface area contributed by atoms with Crippen molar-refractivity contribution in [3.63, 3.8) is 0 Å². The molecule has 1 saturated heterocycles. The molecule has 0 spiro atoms. The molecule has 2 aromatic heterocycles. The van der Waals surface area contributed by atoms with Gasteiger partial charge in [0.2, 0.25) is 5.95 Å². The minimum absolute atomic E-state index is 0.226. The van der Waals surface area contributed by atoms with E-state index in [4.69, 9.17) is 14.5 Å². The number of nitrogens with one attached hydrogen (secondary N) is 1. The van der Waals surface area contributed by atoms with Gasteiger partial charge in [0.15, 0.2) is 5.69 Å². The highest BCUT2D eigenvalue weighted by Gasteiger charge is 2.24. The largest absolute Gasteiger partial charge is 0.494 e. The number of rotatable bonds is 8. The van der Waals surface area contributed by atoms with Crippen LogP contribution < -0.4 is 15.0 Å². The van der Waals surface area contributed by atoms with Gasteiger partial charge in [-0.3, -0.25) is 0 Å². The van der Waals surface area contributed by atoms with E-state index in [0.717, 1.165) is 48.5 Å². The van der Waals surface area contributed by atoms with E-state index in [1.807, 2.05) is 32.4 Å². The van der Waals surface area contributed by atoms with E-state index in [2.05, 4.69) is 44.7 Å². The Balaban J connectivity index is 1.61. The maximum absolute atomic E-state index is 12.4. The molecule has 0 unspecified atom stereocenters. The molecule has 4 rings (SSSR count). The molecule has 0 atom stereocenters. The minimum atomic E-state index is -0.490. The third kappa shape index (κ3) is 5.55. The lowest BCUT2D eigenvalue weighted by Gasteiger charge is -2.32. The second kappa shape index (κ2) is 10.8. The van der Waals surface area contributed by atoms with Gasteiger partial charge >= 0.3 is 5.97 Å². The number of hydrogen-bond donors (Lipinski definition) is 1. The summed E-state index contributed by atoms with van der Waals surface area (Å²) in [5.74, 6) is 1.77. The van der Waals surface area contributed by atoms with Crippen molar-refractivity contribution in [2.45, 2.75) is 52.5 Å². The van der Waals surface area contributed by atoms with Crippen LogP contribution in [0.15, 0.2) is 36.9 Å². The fraction of sp³-hybridized carbons (Fsp3) is 0.462. The molecule has 3 heterocycles. The van der Waals surface area contributed by atoms with Crippen molar-refractivity contribution in [3.8, 4) is 5.75 Å². The Labute approximate surface area is 206 Å². The van der Waals surface area contributed by atoms with Crippen LogP contribution in [0.5, 0.6) is 5.75 Å². The van der Waals surface area contributed by atoms with Crippen LogP contribution >= 0.6 is 0 Å². The zero-order valence-corrected chi connectivity index (χ0v) is 21.1. The molecule has 9 nitrogen and oxygen atoms in total. The second-order valence-corrected chi connectivity index (χ2v) is 9.08. The zero-order chi connectivity index (χ0) is 24.9. The van der Waals surface area contributed by atoms with Crippen LogP contribution in [0.2, 0.25) is 0 Å². The average Bonchev–Trinajstić information content (AvgIpc) is 3.40. The first-order chi connectivity index (χ1) is 16.9. The van der Waals surface area contributed by atoms with Gasteiger partial charge in [-0.2, -0.15) is 4.98 Å². The lowest BCUT2D eigenvalue weighted by Crippen LogP contribution is -2.36. The highest BCUT2D eigenvalue weighted by molar-refractivity contribution is 5.88. The molecule has 0 amide bonds. The summed E-state index contributed by atoms with van der Waals surface area (Å²) in [6, 6.07) is 6.18. The van der Waals surface area contributed by atoms with Crippen LogP contribution in [-0.4, -0.2) is 52.3 Å². The summed E-state index contributed by atoms with van der Waals surface area (Å²) in [6.45, 7) is 10.5. The number of hydrogen-bond acceptors (Lipinski definition) is 8. The predicted molar refractivity (Wildman–Crippen MR) is 136 cm³/mol. The Morgan fingerprint density at radius 1 is 1.20 bits per heavy atom. The molecule has 1 aromatic carbocycles. The molecule has 0 radical (unpaired) electrons. The van der Waals surface area contributed by atoms with E-state index in [-0.39, 0.29) is 5.69 Å². The molecular formula is C26H34N6O3. The highest BCUT2D eigenvalue weighted by Crippen LogP contribution is 2.34. The Kier molecular flexibility index (Phi) is 7.53. The summed E-state index contributed by atoms with van der Waals surface area (Å²) in [5, 5.41) is 3.41. The normalized spacial score (nSPS) is 14.3. The van der Waals surface area contributed by atoms with Crippen LogP contribution in [0.3, 0.4) is 0 Å². The molecule has 1 aliphatic heterocycles. The molecule has 186 valence electrons. The van der Waals surface area contributed by atoms with E-state index in [0.29, 0.717) is 30.3 Å². The monoisotopic (exact) mass is 478 g/mol. The van der Waals surface area contributed by atoms with Crippen molar-refractivity contribution in [2.24, 2.45) is 0 Å². The van der Waals surface area contributed by atoms with Crippen LogP contribution in [0, 0.1) is 6.92 Å². The van der Waals surface area contributed by atoms with E-state index >= 15 is 0 Å². The quantitative estimate of drug-likeness (QED) is 0.458. The Hall–Kier alpha value is -3.62. The number of imidazole rings is 1. The summed E-state index contributed by atoms with van der Waals surface area (Å²) in [4.78, 5) is 28.0. The fourth-order valence-electron chi connectivity index (χ4n) is 4.40. The van der Waals surface area contributed by atoms with Gasteiger partial charge < -0.3 is 24.3 Å². The van der Waals surface area contributed by atoms with Crippen LogP contribution in [0.4, 0.5) is 17.5 Å². The van der Waals surface area contributed by atoms with Gasteiger partial charge in [-0.05, 0) is 55.9 Å². The number of anilines is 3. The Morgan fingerprint density at radius 2 is 1.97 bits per heavy atom. The summed E-state index contributed by atoms with van der Waals surface area (Å²) in [6.07, 6.45) is 7.56. The van der Waals surface area contributed by atoms with Gasteiger partial charge in [0.25, 0.3) is 0 Å². The molecule has 1 N–H and O–H groups in total. The number of ether oxygens (including phenoxy) is 2. The lowest BCUT2D eigenvalue weighted by atomic mass is 9.99. The van der Waals surface area contributed by atoms with E-state index < -0.39 is 5.97 Å². The van der Waals surface area contributed by atoms with Crippen molar-refractivity contribution in [1.82, 2.24) is 19.5 Å². The molecule has 9 heteroatoms. The van der Waals surface area contributed by atoms with Crippen LogP contribution in [0.1, 0.15) is 67.2 Å². The second-order valence-electron chi connectivity index (χ2n) is 9.08. The molecule has 1 fully saturated rings. The first-order valence-corrected chi connectivity index (χ1v) is 12.1. The number of methoxy groups -OCH3 is 1. The third-order valence-electron chi connectivity index (χ3n) is 6.34. The number of carbonyl (C=O) groups is 1. The van der Waals surface area contributed by atoms with Gasteiger partial charge in [-0.1, -0.05) is 13.8 Å². The number of aromatic nitrogens is 4. The number of benzene rings is 1. The summed E-state index contributed by atoms with van der Waals surface area (Å²) in [5.41, 5.74) is 3.28. The Morgan fingerprint density at radius 3 is 2.60 bits per heavy atom. The van der Waals surface area contributed by atoms with E-state index in [1.54, 1.807) is 12.3 Å². The number of aryl methyl sites for hydroxylation is 1. The predicted octanol–water partition coefficient (Wildman–Crippen LogP) is 4.88. The number of nitrogens with zero attached hydrogens (tertiary/aromatic N) is 5. The third-order valence-corrected chi connectivity index (χ3v) is 6.34. The molecule has 35 heavy (non-hydrogen) atoms. The number of esters is 1. The maximum atomic E-state index is 12.4. The van der Waals surface area contributed by atoms with Crippen molar-refractivity contribution in [3.05, 3.63) is 53.7 Å². The molecular weight excluding hydrogens is 444 g/mol. The van der Waals surface area contributed by atoms with Gasteiger partial charge in [0, 0.05) is 43.3 Å². The number of piperidine rings is 1. The van der Waals surface area contributed by atoms with Gasteiger partial charge in [0.1, 0.15) is 11.6 Å². The van der Waals surface area contributed by atoms with Crippen molar-refractivity contribution < 1.29 is 14.3 Å². The van der Waals surface area contributed by atoms with Gasteiger partial charge in [-0.25, -0.2) is 14.8 Å². The van der Waals surface area contributed by atoms with Crippen LogP contribution in [-0.2, 0) is 4.74 Å². The SMILES string of the molecule is CCOc1cc(C)c(Nc2cc(C(=O)OC)nc(N3CCC(n4ccnc4)CC3)n2)cc1C(C)C. The number of carbonyl (C=O) groups excluding carboxylic acids is 1. The lowest BCUT2D eigenvalue weighted by molar-refractivity contribution is 0.0594. The first kappa shape index (κ1) is 24.5. The van der Waals surface area contributed by atoms with Gasteiger partial charge in [-0.15, -0.1) is 0 Å². The zero-order valence-electron chi connectivity index (χ0n) is 21.1. The molecule has 0 aliphatic carbocycles. The first-order valence-electron chi connectivity index (χ1n) is 12.1. The van der Waals surface area contributed by atoms with Crippen LogP contribution in [0.25, 0.3) is 0 Å². The molecule has 0 bridgehead atoms. The van der Waals surface area contributed by atoms with E-state index in [9.17, 15) is 4.79 Å². The summed E-state index contributed by atoms with van der Waals surface area (Å²) in [7, 11) is 1.36. The maximum Gasteiger partial charge on any atom is 0.356 e. The topological polar surface area (TPSA) is 94.4 Å². The van der Waals surface area contributed by atoms with E-state index in [1.165, 1.54) is 7.11 Å². The van der Waals surface area contributed by atoms with Gasteiger partial charge in [0.05, 0.1) is 20.0 Å². The van der Waals surface area contributed by atoms with Crippen molar-refractivity contribution >= 4 is 23.4 Å². The standard InChI is InChI=1S/C26H34N6O3/c1-6-35-23-13-18(4)21(14-20(23)17(2)3)28-24-15-22(25(33)34-5)29-26(30-24)31-10-7-19(8-11-31)32-12-9-27-16-32/h9,12-17,19H,6-8,10-11H2,1-5H3,(H,28,29,30). The Bertz CT molecular complexity index is 1150. The molecule has 0 saturated carbocycles. The minimum Gasteiger partial charge on any atom is -0.494 e. The molecule has 3 aromatic rings. The smallest absolute Gasteiger partial charge is 0.356 e.